The van der Waals surface area contributed by atoms with E-state index in [0.717, 1.165) is 23.7 Å². The zero-order chi connectivity index (χ0) is 18.0. The van der Waals surface area contributed by atoms with Crippen molar-refractivity contribution >= 4 is 20.7 Å². The highest BCUT2D eigenvalue weighted by Crippen LogP contribution is 2.31. The monoisotopic (exact) mass is 360 g/mol. The summed E-state index contributed by atoms with van der Waals surface area (Å²) in [6.07, 6.45) is 2.20. The zero-order valence-corrected chi connectivity index (χ0v) is 15.0. The van der Waals surface area contributed by atoms with Gasteiger partial charge in [-0.25, -0.2) is 12.8 Å². The van der Waals surface area contributed by atoms with Gasteiger partial charge in [-0.3, -0.25) is 0 Å². The molecule has 0 atom stereocenters. The summed E-state index contributed by atoms with van der Waals surface area (Å²) in [7, 11) is -3.80. The Labute approximate surface area is 147 Å². The summed E-state index contributed by atoms with van der Waals surface area (Å²) in [6, 6.07) is 11.2. The number of fused-ring (bicyclic) bond motifs is 1. The van der Waals surface area contributed by atoms with Crippen molar-refractivity contribution in [3.05, 3.63) is 60.0 Å². The number of aromatic amines is 1. The summed E-state index contributed by atoms with van der Waals surface area (Å²) in [4.78, 5) is 3.17. The second-order valence-corrected chi connectivity index (χ2v) is 8.23. The van der Waals surface area contributed by atoms with Crippen molar-refractivity contribution in [2.24, 2.45) is 0 Å². The summed E-state index contributed by atoms with van der Waals surface area (Å²) >= 11 is 0. The van der Waals surface area contributed by atoms with Gasteiger partial charge in [0.1, 0.15) is 5.82 Å². The van der Waals surface area contributed by atoms with Crippen molar-refractivity contribution in [1.82, 2.24) is 10.3 Å². The highest BCUT2D eigenvalue weighted by molar-refractivity contribution is 7.91. The number of nitrogens with one attached hydrogen (secondary N) is 2. The molecule has 1 heterocycles. The van der Waals surface area contributed by atoms with Crippen molar-refractivity contribution in [1.29, 1.82) is 0 Å². The van der Waals surface area contributed by atoms with E-state index in [1.165, 1.54) is 24.4 Å². The van der Waals surface area contributed by atoms with Gasteiger partial charge in [-0.05, 0) is 42.8 Å². The Morgan fingerprint density at radius 3 is 2.64 bits per heavy atom. The van der Waals surface area contributed by atoms with Gasteiger partial charge in [0.05, 0.1) is 9.79 Å². The third-order valence-electron chi connectivity index (χ3n) is 4.10. The van der Waals surface area contributed by atoms with Gasteiger partial charge in [0.2, 0.25) is 9.84 Å². The number of sulfone groups is 1. The van der Waals surface area contributed by atoms with E-state index in [4.69, 9.17) is 0 Å². The minimum Gasteiger partial charge on any atom is -0.360 e. The molecule has 132 valence electrons. The second-order valence-electron chi connectivity index (χ2n) is 6.31. The fraction of sp³-hybridized carbons (Fsp3) is 0.263. The number of hydrogen-bond donors (Lipinski definition) is 2. The van der Waals surface area contributed by atoms with Crippen LogP contribution in [0.2, 0.25) is 0 Å². The van der Waals surface area contributed by atoms with E-state index in [1.54, 1.807) is 0 Å². The molecule has 0 unspecified atom stereocenters. The fourth-order valence-electron chi connectivity index (χ4n) is 2.90. The SMILES string of the molecule is CC(C)NCCc1cccc2[nH]cc(S(=O)(=O)c3cccc(F)c3)c12. The van der Waals surface area contributed by atoms with Crippen LogP contribution in [0, 0.1) is 5.82 Å². The average Bonchev–Trinajstić information content (AvgIpc) is 3.00. The Kier molecular flexibility index (Phi) is 4.92. The lowest BCUT2D eigenvalue weighted by molar-refractivity contribution is 0.589. The molecule has 6 heteroatoms. The first kappa shape index (κ1) is 17.6. The van der Waals surface area contributed by atoms with E-state index in [-0.39, 0.29) is 9.79 Å². The second kappa shape index (κ2) is 6.98. The van der Waals surface area contributed by atoms with Crippen molar-refractivity contribution in [2.45, 2.75) is 36.1 Å². The Morgan fingerprint density at radius 1 is 1.16 bits per heavy atom. The van der Waals surface area contributed by atoms with Gasteiger partial charge in [0, 0.05) is 23.1 Å². The van der Waals surface area contributed by atoms with E-state index < -0.39 is 15.7 Å². The van der Waals surface area contributed by atoms with Crippen LogP contribution in [0.15, 0.2) is 58.5 Å². The molecule has 3 aromatic rings. The van der Waals surface area contributed by atoms with Crippen molar-refractivity contribution in [3.63, 3.8) is 0 Å². The number of halogens is 1. The predicted molar refractivity (Wildman–Crippen MR) is 97.0 cm³/mol. The Balaban J connectivity index is 2.07. The van der Waals surface area contributed by atoms with Crippen LogP contribution in [-0.2, 0) is 16.3 Å². The Morgan fingerprint density at radius 2 is 1.92 bits per heavy atom. The van der Waals surface area contributed by atoms with Crippen molar-refractivity contribution in [3.8, 4) is 0 Å². The normalized spacial score (nSPS) is 12.2. The van der Waals surface area contributed by atoms with E-state index in [9.17, 15) is 12.8 Å². The fourth-order valence-corrected chi connectivity index (χ4v) is 4.41. The molecule has 0 spiro atoms. The van der Waals surface area contributed by atoms with Crippen LogP contribution in [0.1, 0.15) is 19.4 Å². The lowest BCUT2D eigenvalue weighted by atomic mass is 10.1. The lowest BCUT2D eigenvalue weighted by Gasteiger charge is -2.10. The number of aromatic nitrogens is 1. The molecule has 0 aliphatic rings. The molecule has 0 aliphatic carbocycles. The highest BCUT2D eigenvalue weighted by Gasteiger charge is 2.23. The van der Waals surface area contributed by atoms with Crippen LogP contribution in [-0.4, -0.2) is 26.0 Å². The maximum absolute atomic E-state index is 13.5. The summed E-state index contributed by atoms with van der Waals surface area (Å²) < 4.78 is 39.5. The predicted octanol–water partition coefficient (Wildman–Crippen LogP) is 3.68. The van der Waals surface area contributed by atoms with Crippen LogP contribution in [0.4, 0.5) is 4.39 Å². The van der Waals surface area contributed by atoms with Crippen LogP contribution in [0.3, 0.4) is 0 Å². The van der Waals surface area contributed by atoms with Gasteiger partial charge in [0.25, 0.3) is 0 Å². The number of hydrogen-bond acceptors (Lipinski definition) is 3. The molecular formula is C19H21FN2O2S. The lowest BCUT2D eigenvalue weighted by Crippen LogP contribution is -2.25. The third-order valence-corrected chi connectivity index (χ3v) is 5.87. The molecule has 3 rings (SSSR count). The Bertz CT molecular complexity index is 994. The third kappa shape index (κ3) is 3.60. The van der Waals surface area contributed by atoms with Crippen LogP contribution in [0.5, 0.6) is 0 Å². The van der Waals surface area contributed by atoms with Gasteiger partial charge in [-0.2, -0.15) is 0 Å². The molecule has 25 heavy (non-hydrogen) atoms. The molecule has 0 aliphatic heterocycles. The van der Waals surface area contributed by atoms with Crippen LogP contribution in [0.25, 0.3) is 10.9 Å². The molecule has 0 bridgehead atoms. The molecule has 1 aromatic heterocycles. The quantitative estimate of drug-likeness (QED) is 0.705. The first-order chi connectivity index (χ1) is 11.9. The smallest absolute Gasteiger partial charge is 0.208 e. The van der Waals surface area contributed by atoms with Gasteiger partial charge < -0.3 is 10.3 Å². The molecule has 4 nitrogen and oxygen atoms in total. The summed E-state index contributed by atoms with van der Waals surface area (Å²) in [6.45, 7) is 4.88. The summed E-state index contributed by atoms with van der Waals surface area (Å²) in [5.74, 6) is -0.567. The minimum atomic E-state index is -3.80. The molecule has 0 fully saturated rings. The molecule has 2 N–H and O–H groups in total. The van der Waals surface area contributed by atoms with Crippen molar-refractivity contribution < 1.29 is 12.8 Å². The molecule has 2 aromatic carbocycles. The van der Waals surface area contributed by atoms with E-state index in [0.29, 0.717) is 17.8 Å². The first-order valence-electron chi connectivity index (χ1n) is 8.22. The average molecular weight is 360 g/mol. The first-order valence-corrected chi connectivity index (χ1v) is 9.71. The molecular weight excluding hydrogens is 339 g/mol. The molecule has 0 radical (unpaired) electrons. The maximum atomic E-state index is 13.5. The largest absolute Gasteiger partial charge is 0.360 e. The molecule has 0 amide bonds. The topological polar surface area (TPSA) is 62.0 Å². The van der Waals surface area contributed by atoms with Gasteiger partial charge in [-0.15, -0.1) is 0 Å². The number of H-pyrrole nitrogens is 1. The zero-order valence-electron chi connectivity index (χ0n) is 14.2. The molecule has 0 saturated carbocycles. The van der Waals surface area contributed by atoms with Crippen LogP contribution >= 0.6 is 0 Å². The van der Waals surface area contributed by atoms with Gasteiger partial charge in [0.15, 0.2) is 0 Å². The molecule has 0 saturated heterocycles. The van der Waals surface area contributed by atoms with E-state index in [2.05, 4.69) is 24.1 Å². The number of rotatable bonds is 6. The summed E-state index contributed by atoms with van der Waals surface area (Å²) in [5.41, 5.74) is 1.71. The number of benzene rings is 2. The van der Waals surface area contributed by atoms with Crippen molar-refractivity contribution in [2.75, 3.05) is 6.54 Å². The standard InChI is InChI=1S/C19H21FN2O2S/c1-13(2)21-10-9-14-5-3-8-17-19(14)18(12-22-17)25(23,24)16-7-4-6-15(20)11-16/h3-8,11-13,21-22H,9-10H2,1-2H3. The van der Waals surface area contributed by atoms with Gasteiger partial charge >= 0.3 is 0 Å². The van der Waals surface area contributed by atoms with Gasteiger partial charge in [-0.1, -0.05) is 32.0 Å². The van der Waals surface area contributed by atoms with Crippen LogP contribution < -0.4 is 5.32 Å². The minimum absolute atomic E-state index is 0.0384. The summed E-state index contributed by atoms with van der Waals surface area (Å²) in [5, 5.41) is 4.02. The maximum Gasteiger partial charge on any atom is 0.208 e. The van der Waals surface area contributed by atoms with E-state index in [1.807, 2.05) is 18.2 Å². The highest BCUT2D eigenvalue weighted by atomic mass is 32.2. The Hall–Kier alpha value is -2.18. The van der Waals surface area contributed by atoms with E-state index >= 15 is 0 Å².